The van der Waals surface area contributed by atoms with E-state index in [1.807, 2.05) is 39.0 Å². The van der Waals surface area contributed by atoms with E-state index in [0.717, 1.165) is 5.57 Å². The Morgan fingerprint density at radius 3 is 2.28 bits per heavy atom. The number of rotatable bonds is 7. The number of carbonyl (C=O) groups excluding carboxylic acids is 2. The van der Waals surface area contributed by atoms with Gasteiger partial charge in [-0.05, 0) is 44.6 Å². The highest BCUT2D eigenvalue weighted by Gasteiger charge is 2.58. The molecule has 7 saturated heterocycles. The topological polar surface area (TPSA) is 279 Å². The fourth-order valence-corrected chi connectivity index (χ4v) is 13.9. The van der Waals surface area contributed by atoms with Crippen molar-refractivity contribution in [2.45, 2.75) is 258 Å². The number of hydrogen-bond donors (Lipinski definition) is 8. The van der Waals surface area contributed by atoms with Crippen molar-refractivity contribution < 1.29 is 93.1 Å². The molecule has 0 radical (unpaired) electrons. The molecule has 7 fully saturated rings. The Bertz CT molecular complexity index is 2180. The molecule has 2 spiro atoms. The summed E-state index contributed by atoms with van der Waals surface area (Å²) in [4.78, 5) is 28.4. The van der Waals surface area contributed by atoms with Gasteiger partial charge in [-0.25, -0.2) is 0 Å². The summed E-state index contributed by atoms with van der Waals surface area (Å²) in [5.41, 5.74) is 0.0189. The fourth-order valence-electron chi connectivity index (χ4n) is 13.9. The van der Waals surface area contributed by atoms with Crippen LogP contribution in [0.3, 0.4) is 0 Å². The van der Waals surface area contributed by atoms with Gasteiger partial charge >= 0.3 is 5.97 Å². The predicted octanol–water partition coefficient (Wildman–Crippen LogP) is 4.22. The molecule has 8 aliphatic rings. The van der Waals surface area contributed by atoms with Gasteiger partial charge in [0.2, 0.25) is 0 Å². The second kappa shape index (κ2) is 25.4. The van der Waals surface area contributed by atoms with E-state index in [-0.39, 0.29) is 88.6 Å². The van der Waals surface area contributed by atoms with Crippen LogP contribution in [0, 0.1) is 23.7 Å². The first-order chi connectivity index (χ1) is 36.8. The molecule has 0 aliphatic carbocycles. The Labute approximate surface area is 459 Å². The molecule has 8 rings (SSSR count). The van der Waals surface area contributed by atoms with Crippen LogP contribution in [0.5, 0.6) is 0 Å². The number of aliphatic hydroxyl groups excluding tert-OH is 6. The molecule has 8 heterocycles. The van der Waals surface area contributed by atoms with Crippen LogP contribution in [-0.2, 0) is 52.2 Å². The minimum atomic E-state index is -2.35. The van der Waals surface area contributed by atoms with Gasteiger partial charge in [0.05, 0.1) is 98.0 Å². The number of esters is 1. The molecular weight excluding hydrogens is 1010 g/mol. The lowest BCUT2D eigenvalue weighted by Gasteiger charge is -2.51. The first-order valence-corrected chi connectivity index (χ1v) is 28.6. The SMILES string of the molecule is C=C/C=C/[C@H](O)CC(=C)C[C@H]1O[C@@H]2[C@@H](C)[C@H](OC(=O)C[C@H]3C[C@H](O)C[C@]4(C[C@@](C)(O)C[C@@H](/C=C5\CO[C@H]([C@@H](C)C(=O)C[C@H]6C[C@@H](OC)C[C@@]7(C[C@H](O)C[C@@H](/C=C\CCC[C@H]8O[C@](O)(C[C@@H](O)[C@H]8C)[C@@H]2O)O7)O6)[C@H]5C)O4)O3)[C@H]1O. The number of Topliss-reactive ketones (excluding diaryl/α,β-unsaturated/α-hetero) is 1. The van der Waals surface area contributed by atoms with E-state index >= 15 is 0 Å². The highest BCUT2D eigenvalue weighted by atomic mass is 16.7. The van der Waals surface area contributed by atoms with Gasteiger partial charge in [0, 0.05) is 95.0 Å². The van der Waals surface area contributed by atoms with Crippen LogP contribution >= 0.6 is 0 Å². The molecule has 0 aromatic heterocycles. The van der Waals surface area contributed by atoms with E-state index in [0.29, 0.717) is 44.1 Å². The molecule has 0 saturated carbocycles. The van der Waals surface area contributed by atoms with Crippen LogP contribution in [-0.4, -0.2) is 187 Å². The van der Waals surface area contributed by atoms with E-state index < -0.39 is 138 Å². The van der Waals surface area contributed by atoms with Gasteiger partial charge in [-0.15, -0.1) is 0 Å². The minimum absolute atomic E-state index is 0.00261. The number of ketones is 1. The van der Waals surface area contributed by atoms with Crippen molar-refractivity contribution in [2.24, 2.45) is 23.7 Å². The minimum Gasteiger partial charge on any atom is -0.459 e. The van der Waals surface area contributed by atoms with Crippen LogP contribution in [0.25, 0.3) is 0 Å². The molecule has 19 heteroatoms. The summed E-state index contributed by atoms with van der Waals surface area (Å²) in [6, 6.07) is 0. The summed E-state index contributed by atoms with van der Waals surface area (Å²) in [5.74, 6) is -8.09. The van der Waals surface area contributed by atoms with Crippen molar-refractivity contribution in [3.8, 4) is 0 Å². The van der Waals surface area contributed by atoms with Gasteiger partial charge in [0.15, 0.2) is 17.4 Å². The molecule has 0 aromatic carbocycles. The van der Waals surface area contributed by atoms with Crippen molar-refractivity contribution in [2.75, 3.05) is 13.7 Å². The zero-order valence-electron chi connectivity index (χ0n) is 46.5. The standard InChI is InChI=1S/C59H90O19/c1-9-10-14-38(60)17-32(2)18-49-51(66)53-36(6)54(72-49)55(67)59(69)29-47(64)34(4)48(78-59)16-13-11-12-15-41-20-39(61)25-57(74-41)28-44(70-8)22-43(75-57)23-46(63)35(5)52-33(3)37(30-71-52)19-45-27-56(7,68)31-58(77-45)26-40(62)21-42(76-58)24-50(65)73-53/h9-10,12,14-15,19,33-36,38-45,47-49,51-55,60-62,64,66-69H,1-2,11,13,16-18,20-31H2,3-8H3/b14-10+,15-12-,37-19+/t33-,34+,35-,36-,38-,39+,40-,41+,42+,43+,44+,45+,47+,48+,49+,51-,52-,53-,54+,55+,56-,57+,58-,59+/m0/s1. The Balaban J connectivity index is 1.08. The molecule has 0 aromatic rings. The smallest absolute Gasteiger partial charge is 0.308 e. The Kier molecular flexibility index (Phi) is 19.9. The molecule has 78 heavy (non-hydrogen) atoms. The molecule has 0 unspecified atom stereocenters. The third-order valence-electron chi connectivity index (χ3n) is 17.9. The van der Waals surface area contributed by atoms with Crippen LogP contribution in [0.4, 0.5) is 0 Å². The summed E-state index contributed by atoms with van der Waals surface area (Å²) in [5, 5.41) is 93.1. The number of allylic oxidation sites excluding steroid dienone is 3. The fraction of sp³-hybridized carbons (Fsp3) is 0.797. The van der Waals surface area contributed by atoms with E-state index in [4.69, 9.17) is 42.6 Å². The molecule has 12 bridgehead atoms. The predicted molar refractivity (Wildman–Crippen MR) is 282 cm³/mol. The molecule has 440 valence electrons. The first-order valence-electron chi connectivity index (χ1n) is 28.6. The van der Waals surface area contributed by atoms with Crippen LogP contribution in [0.1, 0.15) is 137 Å². The second-order valence-electron chi connectivity index (χ2n) is 24.7. The zero-order chi connectivity index (χ0) is 56.5. The lowest BCUT2D eigenvalue weighted by atomic mass is 9.78. The molecule has 0 amide bonds. The van der Waals surface area contributed by atoms with Gasteiger partial charge in [-0.1, -0.05) is 82.9 Å². The maximum atomic E-state index is 14.2. The second-order valence-corrected chi connectivity index (χ2v) is 24.7. The maximum Gasteiger partial charge on any atom is 0.308 e. The number of hydrogen-bond acceptors (Lipinski definition) is 19. The number of methoxy groups -OCH3 is 1. The van der Waals surface area contributed by atoms with Gasteiger partial charge in [0.25, 0.3) is 0 Å². The largest absolute Gasteiger partial charge is 0.459 e. The molecule has 24 atom stereocenters. The van der Waals surface area contributed by atoms with Crippen molar-refractivity contribution in [1.82, 2.24) is 0 Å². The number of ether oxygens (including phenoxy) is 9. The summed E-state index contributed by atoms with van der Waals surface area (Å²) in [7, 11) is 1.62. The van der Waals surface area contributed by atoms with E-state index in [2.05, 4.69) is 13.2 Å². The summed E-state index contributed by atoms with van der Waals surface area (Å²) in [6.07, 6.45) is -2.39. The highest BCUT2D eigenvalue weighted by molar-refractivity contribution is 5.82. The number of carbonyl (C=O) groups is 2. The highest BCUT2D eigenvalue weighted by Crippen LogP contribution is 2.47. The Hall–Kier alpha value is -2.80. The average molecular weight is 1100 g/mol. The van der Waals surface area contributed by atoms with Crippen LogP contribution in [0.15, 0.2) is 60.8 Å². The third-order valence-corrected chi connectivity index (χ3v) is 17.9. The van der Waals surface area contributed by atoms with Gasteiger partial charge in [0.1, 0.15) is 24.1 Å². The molecule has 8 aliphatic heterocycles. The van der Waals surface area contributed by atoms with Crippen LogP contribution < -0.4 is 0 Å². The lowest BCUT2D eigenvalue weighted by molar-refractivity contribution is -0.350. The first kappa shape index (κ1) is 61.3. The summed E-state index contributed by atoms with van der Waals surface area (Å²) >= 11 is 0. The Morgan fingerprint density at radius 2 is 1.54 bits per heavy atom. The Morgan fingerprint density at radius 1 is 0.833 bits per heavy atom. The summed E-state index contributed by atoms with van der Waals surface area (Å²) in [6.45, 7) is 16.9. The molecule has 19 nitrogen and oxygen atoms in total. The number of fused-ring (bicyclic) bond motifs is 10. The summed E-state index contributed by atoms with van der Waals surface area (Å²) < 4.78 is 57.8. The van der Waals surface area contributed by atoms with E-state index in [1.54, 1.807) is 27.0 Å². The average Bonchev–Trinajstić information content (AvgIpc) is 3.72. The zero-order valence-corrected chi connectivity index (χ0v) is 46.5. The van der Waals surface area contributed by atoms with E-state index in [1.165, 1.54) is 12.2 Å². The normalized spacial score (nSPS) is 48.7. The van der Waals surface area contributed by atoms with Gasteiger partial charge < -0.3 is 83.5 Å². The van der Waals surface area contributed by atoms with Crippen molar-refractivity contribution in [1.29, 1.82) is 0 Å². The van der Waals surface area contributed by atoms with Crippen molar-refractivity contribution >= 4 is 11.8 Å². The monoisotopic (exact) mass is 1100 g/mol. The van der Waals surface area contributed by atoms with Crippen LogP contribution in [0.2, 0.25) is 0 Å². The number of aliphatic hydroxyl groups is 8. The molecular formula is C59H90O19. The van der Waals surface area contributed by atoms with Gasteiger partial charge in [-0.2, -0.15) is 0 Å². The lowest BCUT2D eigenvalue weighted by Crippen LogP contribution is -2.65. The molecule has 8 N–H and O–H groups in total. The quantitative estimate of drug-likeness (QED) is 0.101. The maximum absolute atomic E-state index is 14.2. The van der Waals surface area contributed by atoms with Crippen molar-refractivity contribution in [3.63, 3.8) is 0 Å². The van der Waals surface area contributed by atoms with Gasteiger partial charge in [-0.3, -0.25) is 9.59 Å². The van der Waals surface area contributed by atoms with E-state index in [9.17, 15) is 50.4 Å². The van der Waals surface area contributed by atoms with Crippen molar-refractivity contribution in [3.05, 3.63) is 60.8 Å². The third kappa shape index (κ3) is 14.5.